The zero-order valence-corrected chi connectivity index (χ0v) is 22.3. The van der Waals surface area contributed by atoms with Gasteiger partial charge in [-0.05, 0) is 42.3 Å². The Labute approximate surface area is 229 Å². The molecule has 3 heterocycles. The molecule has 0 unspecified atom stereocenters. The van der Waals surface area contributed by atoms with Crippen LogP contribution in [0.1, 0.15) is 29.7 Å². The van der Waals surface area contributed by atoms with Crippen molar-refractivity contribution < 1.29 is 21.6 Å². The number of alkyl halides is 3. The molecule has 0 amide bonds. The van der Waals surface area contributed by atoms with E-state index in [0.717, 1.165) is 24.0 Å². The molecule has 206 valence electrons. The van der Waals surface area contributed by atoms with Crippen LogP contribution in [0.2, 0.25) is 0 Å². The predicted octanol–water partition coefficient (Wildman–Crippen LogP) is 5.70. The minimum absolute atomic E-state index is 0.0243. The Kier molecular flexibility index (Phi) is 7.30. The van der Waals surface area contributed by atoms with Crippen LogP contribution in [-0.2, 0) is 22.7 Å². The highest BCUT2D eigenvalue weighted by molar-refractivity contribution is 7.88. The number of benzene rings is 2. The Bertz CT molecular complexity index is 1770. The maximum atomic E-state index is 13.5. The van der Waals surface area contributed by atoms with Crippen LogP contribution in [0.5, 0.6) is 0 Å². The second-order valence-electron chi connectivity index (χ2n) is 9.29. The number of hydrogen-bond donors (Lipinski definition) is 2. The van der Waals surface area contributed by atoms with Crippen LogP contribution in [0.25, 0.3) is 28.3 Å². The van der Waals surface area contributed by atoms with Gasteiger partial charge in [0.05, 0.1) is 34.9 Å². The van der Waals surface area contributed by atoms with Crippen molar-refractivity contribution in [2.75, 3.05) is 11.6 Å². The second kappa shape index (κ2) is 10.7. The van der Waals surface area contributed by atoms with Crippen molar-refractivity contribution in [2.45, 2.75) is 25.7 Å². The summed E-state index contributed by atoms with van der Waals surface area (Å²) in [4.78, 5) is 13.7. The van der Waals surface area contributed by atoms with Crippen LogP contribution in [0.15, 0.2) is 85.2 Å². The van der Waals surface area contributed by atoms with Crippen molar-refractivity contribution in [2.24, 2.45) is 0 Å². The number of aromatic nitrogens is 4. The van der Waals surface area contributed by atoms with Crippen molar-refractivity contribution in [1.29, 1.82) is 0 Å². The highest BCUT2D eigenvalue weighted by atomic mass is 32.2. The Balaban J connectivity index is 1.63. The number of nitrogens with zero attached hydrogens (tertiary/aromatic N) is 4. The Morgan fingerprint density at radius 2 is 1.75 bits per heavy atom. The third kappa shape index (κ3) is 6.13. The third-order valence-electron chi connectivity index (χ3n) is 6.22. The molecule has 0 saturated carbocycles. The van der Waals surface area contributed by atoms with E-state index in [1.807, 2.05) is 37.3 Å². The number of rotatable bonds is 8. The summed E-state index contributed by atoms with van der Waals surface area (Å²) in [7, 11) is -3.44. The summed E-state index contributed by atoms with van der Waals surface area (Å²) in [6.45, 7) is 1.99. The molecule has 3 aromatic heterocycles. The fourth-order valence-corrected chi connectivity index (χ4v) is 4.70. The lowest BCUT2D eigenvalue weighted by Gasteiger charge is -2.15. The fourth-order valence-electron chi connectivity index (χ4n) is 4.28. The van der Waals surface area contributed by atoms with Gasteiger partial charge >= 0.3 is 6.18 Å². The molecule has 5 rings (SSSR count). The molecule has 0 aliphatic heterocycles. The van der Waals surface area contributed by atoms with E-state index in [9.17, 15) is 21.6 Å². The Morgan fingerprint density at radius 3 is 2.48 bits per heavy atom. The molecule has 5 aromatic rings. The number of imidazole rings is 1. The molecular formula is C28H25F3N6O2S. The van der Waals surface area contributed by atoms with Gasteiger partial charge in [0.1, 0.15) is 5.65 Å². The van der Waals surface area contributed by atoms with Gasteiger partial charge in [-0.15, -0.1) is 0 Å². The average molecular weight is 567 g/mol. The zero-order valence-electron chi connectivity index (χ0n) is 21.5. The number of halogens is 3. The van der Waals surface area contributed by atoms with Crippen LogP contribution < -0.4 is 10.0 Å². The SMILES string of the molecule is C[C@H](Nc1nccc(-c2c(-c3cccc(C(F)(F)F)c3)nc3ccc(CNS(C)(=O)=O)cn23)n1)c1ccccc1. The van der Waals surface area contributed by atoms with Crippen molar-refractivity contribution >= 4 is 21.6 Å². The van der Waals surface area contributed by atoms with Crippen LogP contribution in [0, 0.1) is 0 Å². The van der Waals surface area contributed by atoms with Crippen LogP contribution in [-0.4, -0.2) is 34.0 Å². The van der Waals surface area contributed by atoms with E-state index < -0.39 is 21.8 Å². The largest absolute Gasteiger partial charge is 0.416 e. The first-order valence-electron chi connectivity index (χ1n) is 12.3. The van der Waals surface area contributed by atoms with E-state index in [0.29, 0.717) is 34.2 Å². The molecule has 0 aliphatic carbocycles. The smallest absolute Gasteiger partial charge is 0.348 e. The van der Waals surface area contributed by atoms with Crippen molar-refractivity contribution in [1.82, 2.24) is 24.1 Å². The van der Waals surface area contributed by atoms with E-state index in [-0.39, 0.29) is 18.2 Å². The van der Waals surface area contributed by atoms with Crippen LogP contribution >= 0.6 is 0 Å². The number of nitrogens with one attached hydrogen (secondary N) is 2. The first kappa shape index (κ1) is 27.3. The molecule has 40 heavy (non-hydrogen) atoms. The van der Waals surface area contributed by atoms with Crippen LogP contribution in [0.3, 0.4) is 0 Å². The monoisotopic (exact) mass is 566 g/mol. The quantitative estimate of drug-likeness (QED) is 0.250. The molecular weight excluding hydrogens is 541 g/mol. The highest BCUT2D eigenvalue weighted by Gasteiger charge is 2.31. The topological polar surface area (TPSA) is 101 Å². The molecule has 2 aromatic carbocycles. The van der Waals surface area contributed by atoms with Gasteiger partial charge in [0.25, 0.3) is 0 Å². The molecule has 0 radical (unpaired) electrons. The maximum absolute atomic E-state index is 13.5. The van der Waals surface area contributed by atoms with Gasteiger partial charge in [-0.2, -0.15) is 13.2 Å². The first-order chi connectivity index (χ1) is 19.0. The molecule has 2 N–H and O–H groups in total. The van der Waals surface area contributed by atoms with E-state index in [2.05, 4.69) is 25.0 Å². The van der Waals surface area contributed by atoms with Crippen molar-refractivity contribution in [3.05, 3.63) is 102 Å². The van der Waals surface area contributed by atoms with Crippen LogP contribution in [0.4, 0.5) is 19.1 Å². The number of sulfonamides is 1. The molecule has 12 heteroatoms. The fraction of sp³-hybridized carbons (Fsp3) is 0.179. The molecule has 1 atom stereocenters. The van der Waals surface area contributed by atoms with Gasteiger partial charge in [0, 0.05) is 24.5 Å². The molecule has 0 saturated heterocycles. The van der Waals surface area contributed by atoms with E-state index in [4.69, 9.17) is 0 Å². The maximum Gasteiger partial charge on any atom is 0.416 e. The van der Waals surface area contributed by atoms with Crippen molar-refractivity contribution in [3.63, 3.8) is 0 Å². The lowest BCUT2D eigenvalue weighted by atomic mass is 10.0. The number of pyridine rings is 1. The van der Waals surface area contributed by atoms with Gasteiger partial charge in [0.2, 0.25) is 16.0 Å². The number of anilines is 1. The summed E-state index contributed by atoms with van der Waals surface area (Å²) < 4.78 is 68.1. The number of hydrogen-bond acceptors (Lipinski definition) is 6. The molecule has 8 nitrogen and oxygen atoms in total. The summed E-state index contributed by atoms with van der Waals surface area (Å²) >= 11 is 0. The average Bonchev–Trinajstić information content (AvgIpc) is 3.31. The third-order valence-corrected chi connectivity index (χ3v) is 6.89. The lowest BCUT2D eigenvalue weighted by molar-refractivity contribution is -0.137. The first-order valence-corrected chi connectivity index (χ1v) is 14.2. The molecule has 0 aliphatic rings. The number of fused-ring (bicyclic) bond motifs is 1. The van der Waals surface area contributed by atoms with Gasteiger partial charge in [-0.1, -0.05) is 48.5 Å². The molecule has 0 bridgehead atoms. The van der Waals surface area contributed by atoms with E-state index >= 15 is 0 Å². The van der Waals surface area contributed by atoms with E-state index in [1.165, 1.54) is 6.07 Å². The standard InChI is InChI=1S/C28H25F3N6O2S/c1-18(20-7-4-3-5-8-20)34-27-32-14-13-23(35-27)26-25(21-9-6-10-22(15-21)28(29,30)31)36-24-12-11-19(17-37(24)26)16-33-40(2,38)39/h3-15,17-18,33H,16H2,1-2H3,(H,32,34,35)/t18-/m0/s1. The summed E-state index contributed by atoms with van der Waals surface area (Å²) in [5.74, 6) is 0.327. The summed E-state index contributed by atoms with van der Waals surface area (Å²) in [5.41, 5.74) is 2.72. The molecule has 0 fully saturated rings. The van der Waals surface area contributed by atoms with Gasteiger partial charge in [0.15, 0.2) is 0 Å². The lowest BCUT2D eigenvalue weighted by Crippen LogP contribution is -2.21. The minimum atomic E-state index is -4.53. The van der Waals surface area contributed by atoms with Crippen molar-refractivity contribution in [3.8, 4) is 22.6 Å². The molecule has 0 spiro atoms. The van der Waals surface area contributed by atoms with Gasteiger partial charge in [-0.25, -0.2) is 28.1 Å². The highest BCUT2D eigenvalue weighted by Crippen LogP contribution is 2.36. The van der Waals surface area contributed by atoms with Gasteiger partial charge < -0.3 is 5.32 Å². The van der Waals surface area contributed by atoms with E-state index in [1.54, 1.807) is 41.1 Å². The second-order valence-corrected chi connectivity index (χ2v) is 11.1. The minimum Gasteiger partial charge on any atom is -0.348 e. The summed E-state index contributed by atoms with van der Waals surface area (Å²) in [6, 6.07) is 19.6. The Morgan fingerprint density at radius 1 is 0.975 bits per heavy atom. The van der Waals surface area contributed by atoms with Gasteiger partial charge in [-0.3, -0.25) is 4.40 Å². The Hall–Kier alpha value is -4.29. The normalized spacial score (nSPS) is 12.9. The summed E-state index contributed by atoms with van der Waals surface area (Å²) in [6.07, 6.45) is -0.216. The summed E-state index contributed by atoms with van der Waals surface area (Å²) in [5, 5.41) is 3.27. The predicted molar refractivity (Wildman–Crippen MR) is 147 cm³/mol. The zero-order chi connectivity index (χ0) is 28.5.